The molecule has 0 spiro atoms. The van der Waals surface area contributed by atoms with Crippen molar-refractivity contribution < 1.29 is 14.1 Å². The molecule has 2 rings (SSSR count). The lowest BCUT2D eigenvalue weighted by Crippen LogP contribution is -2.38. The van der Waals surface area contributed by atoms with Crippen LogP contribution in [0.4, 0.5) is 0 Å². The Morgan fingerprint density at radius 3 is 2.60 bits per heavy atom. The third-order valence-electron chi connectivity index (χ3n) is 4.45. The summed E-state index contributed by atoms with van der Waals surface area (Å²) in [6.45, 7) is 10.0. The second-order valence-corrected chi connectivity index (χ2v) is 5.92. The summed E-state index contributed by atoms with van der Waals surface area (Å²) in [5, 5.41) is 6.88. The third-order valence-corrected chi connectivity index (χ3v) is 4.45. The predicted molar refractivity (Wildman–Crippen MR) is 97.0 cm³/mol. The molecule has 1 atom stereocenters. The van der Waals surface area contributed by atoms with Gasteiger partial charge in [0.05, 0.1) is 18.8 Å². The second-order valence-electron chi connectivity index (χ2n) is 5.92. The van der Waals surface area contributed by atoms with Crippen molar-refractivity contribution in [3.63, 3.8) is 0 Å². The van der Waals surface area contributed by atoms with Crippen molar-refractivity contribution in [2.75, 3.05) is 26.7 Å². The summed E-state index contributed by atoms with van der Waals surface area (Å²) < 4.78 is 10.4. The minimum Gasteiger partial charge on any atom is -0.497 e. The molecule has 0 radical (unpaired) electrons. The maximum absolute atomic E-state index is 12.6. The Labute approximate surface area is 149 Å². The lowest BCUT2D eigenvalue weighted by atomic mass is 10.0. The van der Waals surface area contributed by atoms with Gasteiger partial charge in [0, 0.05) is 6.54 Å². The largest absolute Gasteiger partial charge is 0.497 e. The molecule has 0 aliphatic heterocycles. The van der Waals surface area contributed by atoms with E-state index in [1.165, 1.54) is 0 Å². The predicted octanol–water partition coefficient (Wildman–Crippen LogP) is 3.11. The molecule has 0 fully saturated rings. The number of hydrogen-bond donors (Lipinski definition) is 1. The van der Waals surface area contributed by atoms with Crippen LogP contribution in [0.1, 0.15) is 47.3 Å². The van der Waals surface area contributed by atoms with E-state index >= 15 is 0 Å². The lowest BCUT2D eigenvalue weighted by Gasteiger charge is -2.30. The number of benzene rings is 1. The van der Waals surface area contributed by atoms with Crippen molar-refractivity contribution in [2.45, 2.75) is 33.7 Å². The number of hydrogen-bond acceptors (Lipinski definition) is 5. The van der Waals surface area contributed by atoms with E-state index in [1.54, 1.807) is 21.0 Å². The normalized spacial score (nSPS) is 12.2. The van der Waals surface area contributed by atoms with Gasteiger partial charge in [-0.3, -0.25) is 9.69 Å². The summed E-state index contributed by atoms with van der Waals surface area (Å²) in [7, 11) is 1.66. The van der Waals surface area contributed by atoms with Crippen molar-refractivity contribution in [2.24, 2.45) is 0 Å². The van der Waals surface area contributed by atoms with E-state index in [4.69, 9.17) is 9.26 Å². The molecule has 0 saturated heterocycles. The summed E-state index contributed by atoms with van der Waals surface area (Å²) >= 11 is 0. The van der Waals surface area contributed by atoms with Crippen LogP contribution in [-0.4, -0.2) is 42.7 Å². The maximum atomic E-state index is 12.6. The van der Waals surface area contributed by atoms with Gasteiger partial charge in [-0.15, -0.1) is 0 Å². The average Bonchev–Trinajstić information content (AvgIpc) is 2.97. The second kappa shape index (κ2) is 8.67. The molecule has 25 heavy (non-hydrogen) atoms. The highest BCUT2D eigenvalue weighted by atomic mass is 16.5. The highest BCUT2D eigenvalue weighted by molar-refractivity contribution is 5.96. The number of aryl methyl sites for hydroxylation is 2. The summed E-state index contributed by atoms with van der Waals surface area (Å²) in [5.41, 5.74) is 2.24. The number of likely N-dealkylation sites (N-methyl/N-ethyl adjacent to an activating group) is 1. The van der Waals surface area contributed by atoms with Crippen molar-refractivity contribution >= 4 is 5.91 Å². The summed E-state index contributed by atoms with van der Waals surface area (Å²) in [4.78, 5) is 14.9. The molecule has 136 valence electrons. The van der Waals surface area contributed by atoms with E-state index in [0.717, 1.165) is 24.4 Å². The van der Waals surface area contributed by atoms with E-state index < -0.39 is 0 Å². The Morgan fingerprint density at radius 2 is 2.04 bits per heavy atom. The fourth-order valence-corrected chi connectivity index (χ4v) is 3.06. The molecule has 0 aliphatic rings. The number of nitrogens with one attached hydrogen (secondary N) is 1. The van der Waals surface area contributed by atoms with Crippen LogP contribution in [0.5, 0.6) is 5.75 Å². The number of methoxy groups -OCH3 is 1. The number of carbonyl (C=O) groups excluding carboxylic acids is 1. The van der Waals surface area contributed by atoms with Gasteiger partial charge in [-0.2, -0.15) is 0 Å². The molecule has 1 aromatic carbocycles. The highest BCUT2D eigenvalue weighted by Crippen LogP contribution is 2.24. The van der Waals surface area contributed by atoms with Crippen molar-refractivity contribution in [1.82, 2.24) is 15.4 Å². The lowest BCUT2D eigenvalue weighted by molar-refractivity contribution is 0.0933. The van der Waals surface area contributed by atoms with Gasteiger partial charge in [-0.1, -0.05) is 31.1 Å². The average molecular weight is 345 g/mol. The van der Waals surface area contributed by atoms with Crippen LogP contribution < -0.4 is 10.1 Å². The topological polar surface area (TPSA) is 67.6 Å². The fraction of sp³-hybridized carbons (Fsp3) is 0.474. The first kappa shape index (κ1) is 19.0. The Bertz CT molecular complexity index is 688. The fourth-order valence-electron chi connectivity index (χ4n) is 3.06. The standard InChI is InChI=1S/C19H27N3O3/c1-6-22(7-2)17(15-9-8-10-16(11-15)24-5)12-20-19(23)18-13(3)21-25-14(18)4/h8-11,17H,6-7,12H2,1-5H3,(H,20,23). The van der Waals surface area contributed by atoms with E-state index in [0.29, 0.717) is 23.6 Å². The quantitative estimate of drug-likeness (QED) is 0.796. The minimum atomic E-state index is -0.156. The Morgan fingerprint density at radius 1 is 1.32 bits per heavy atom. The number of rotatable bonds is 8. The number of ether oxygens (including phenoxy) is 1. The molecule has 2 aromatic rings. The first-order valence-electron chi connectivity index (χ1n) is 8.60. The molecule has 6 nitrogen and oxygen atoms in total. The van der Waals surface area contributed by atoms with E-state index in [1.807, 2.05) is 18.2 Å². The van der Waals surface area contributed by atoms with Gasteiger partial charge in [0.25, 0.3) is 5.91 Å². The van der Waals surface area contributed by atoms with Crippen molar-refractivity contribution in [3.05, 3.63) is 46.8 Å². The number of aromatic nitrogens is 1. The van der Waals surface area contributed by atoms with Crippen LogP contribution in [-0.2, 0) is 0 Å². The van der Waals surface area contributed by atoms with E-state index in [2.05, 4.69) is 35.3 Å². The highest BCUT2D eigenvalue weighted by Gasteiger charge is 2.22. The molecule has 1 aromatic heterocycles. The molecule has 1 heterocycles. The third kappa shape index (κ3) is 4.39. The van der Waals surface area contributed by atoms with Gasteiger partial charge in [0.2, 0.25) is 0 Å². The number of amides is 1. The van der Waals surface area contributed by atoms with Crippen LogP contribution in [0.2, 0.25) is 0 Å². The molecule has 1 amide bonds. The molecule has 0 saturated carbocycles. The van der Waals surface area contributed by atoms with Crippen molar-refractivity contribution in [3.8, 4) is 5.75 Å². The molecule has 1 unspecified atom stereocenters. The molecular formula is C19H27N3O3. The van der Waals surface area contributed by atoms with Gasteiger partial charge >= 0.3 is 0 Å². The Kier molecular flexibility index (Phi) is 6.58. The zero-order chi connectivity index (χ0) is 18.4. The van der Waals surface area contributed by atoms with E-state index in [-0.39, 0.29) is 11.9 Å². The van der Waals surface area contributed by atoms with Crippen LogP contribution in [0.3, 0.4) is 0 Å². The van der Waals surface area contributed by atoms with E-state index in [9.17, 15) is 4.79 Å². The Balaban J connectivity index is 2.20. The molecule has 0 aliphatic carbocycles. The first-order chi connectivity index (χ1) is 12.0. The number of carbonyl (C=O) groups is 1. The van der Waals surface area contributed by atoms with Gasteiger partial charge in [0.1, 0.15) is 17.1 Å². The summed E-state index contributed by atoms with van der Waals surface area (Å²) in [5.74, 6) is 1.19. The zero-order valence-corrected chi connectivity index (χ0v) is 15.6. The van der Waals surface area contributed by atoms with Crippen LogP contribution in [0.15, 0.2) is 28.8 Å². The van der Waals surface area contributed by atoms with Crippen LogP contribution in [0.25, 0.3) is 0 Å². The minimum absolute atomic E-state index is 0.0644. The Hall–Kier alpha value is -2.34. The number of nitrogens with zero attached hydrogens (tertiary/aromatic N) is 2. The van der Waals surface area contributed by atoms with Gasteiger partial charge in [-0.05, 0) is 44.6 Å². The summed E-state index contributed by atoms with van der Waals surface area (Å²) in [6.07, 6.45) is 0. The zero-order valence-electron chi connectivity index (χ0n) is 15.6. The monoisotopic (exact) mass is 345 g/mol. The van der Waals surface area contributed by atoms with Crippen LogP contribution in [0, 0.1) is 13.8 Å². The maximum Gasteiger partial charge on any atom is 0.256 e. The molecule has 0 bridgehead atoms. The van der Waals surface area contributed by atoms with Gasteiger partial charge in [-0.25, -0.2) is 0 Å². The molecule has 1 N–H and O–H groups in total. The van der Waals surface area contributed by atoms with Crippen LogP contribution >= 0.6 is 0 Å². The molecule has 6 heteroatoms. The summed E-state index contributed by atoms with van der Waals surface area (Å²) in [6, 6.07) is 8.04. The smallest absolute Gasteiger partial charge is 0.256 e. The van der Waals surface area contributed by atoms with Crippen molar-refractivity contribution in [1.29, 1.82) is 0 Å². The first-order valence-corrected chi connectivity index (χ1v) is 8.60. The van der Waals surface area contributed by atoms with Gasteiger partial charge < -0.3 is 14.6 Å². The SMILES string of the molecule is CCN(CC)C(CNC(=O)c1c(C)noc1C)c1cccc(OC)c1. The van der Waals surface area contributed by atoms with Gasteiger partial charge in [0.15, 0.2) is 0 Å². The molecular weight excluding hydrogens is 318 g/mol.